The van der Waals surface area contributed by atoms with Gasteiger partial charge in [0.05, 0.1) is 18.1 Å². The van der Waals surface area contributed by atoms with Crippen LogP contribution in [0.4, 0.5) is 11.4 Å². The van der Waals surface area contributed by atoms with Gasteiger partial charge in [0, 0.05) is 37.9 Å². The van der Waals surface area contributed by atoms with Gasteiger partial charge in [0.15, 0.2) is 0 Å². The number of rotatable bonds is 8. The fourth-order valence-electron chi connectivity index (χ4n) is 3.50. The van der Waals surface area contributed by atoms with Crippen LogP contribution in [0.2, 0.25) is 0 Å². The monoisotopic (exact) mass is 431 g/mol. The summed E-state index contributed by atoms with van der Waals surface area (Å²) in [6.45, 7) is 6.83. The second kappa shape index (κ2) is 10.1. The number of carbonyl (C=O) groups excluding carboxylic acids is 1. The Labute approximate surface area is 178 Å². The normalized spacial score (nSPS) is 14.5. The summed E-state index contributed by atoms with van der Waals surface area (Å²) in [6, 6.07) is 13.2. The van der Waals surface area contributed by atoms with Crippen molar-refractivity contribution in [1.82, 2.24) is 4.72 Å². The molecule has 0 spiro atoms. The summed E-state index contributed by atoms with van der Waals surface area (Å²) in [5.74, 6) is -0.193. The Morgan fingerprint density at radius 2 is 1.80 bits per heavy atom. The average molecular weight is 432 g/mol. The van der Waals surface area contributed by atoms with E-state index < -0.39 is 10.0 Å². The van der Waals surface area contributed by atoms with Crippen LogP contribution >= 0.6 is 0 Å². The largest absolute Gasteiger partial charge is 0.378 e. The summed E-state index contributed by atoms with van der Waals surface area (Å²) < 4.78 is 33.3. The summed E-state index contributed by atoms with van der Waals surface area (Å²) in [5.41, 5.74) is 3.55. The quantitative estimate of drug-likeness (QED) is 0.628. The highest BCUT2D eigenvalue weighted by Crippen LogP contribution is 2.20. The van der Waals surface area contributed by atoms with Crippen LogP contribution in [0.3, 0.4) is 0 Å². The van der Waals surface area contributed by atoms with Gasteiger partial charge < -0.3 is 15.0 Å². The summed E-state index contributed by atoms with van der Waals surface area (Å²) in [7, 11) is -3.59. The fraction of sp³-hybridized carbons (Fsp3) is 0.409. The molecule has 3 rings (SSSR count). The van der Waals surface area contributed by atoms with Gasteiger partial charge in [0.1, 0.15) is 0 Å². The van der Waals surface area contributed by atoms with Crippen molar-refractivity contribution in [2.24, 2.45) is 0 Å². The molecule has 0 bridgehead atoms. The van der Waals surface area contributed by atoms with E-state index in [-0.39, 0.29) is 10.8 Å². The van der Waals surface area contributed by atoms with Crippen molar-refractivity contribution < 1.29 is 17.9 Å². The first kappa shape index (κ1) is 22.3. The molecule has 2 aromatic carbocycles. The van der Waals surface area contributed by atoms with E-state index in [9.17, 15) is 13.2 Å². The van der Waals surface area contributed by atoms with Crippen molar-refractivity contribution in [3.63, 3.8) is 0 Å². The molecule has 1 heterocycles. The van der Waals surface area contributed by atoms with Crippen molar-refractivity contribution in [2.45, 2.75) is 31.6 Å². The number of nitrogens with one attached hydrogen (secondary N) is 2. The van der Waals surface area contributed by atoms with Crippen LogP contribution in [0.25, 0.3) is 0 Å². The number of amides is 1. The van der Waals surface area contributed by atoms with Gasteiger partial charge in [-0.15, -0.1) is 0 Å². The number of anilines is 2. The van der Waals surface area contributed by atoms with E-state index in [0.717, 1.165) is 32.7 Å². The minimum absolute atomic E-state index is 0.193. The SMILES string of the molecule is CC(=O)Nc1ccc(S(=O)(=O)NCCCc2ccc(N3CCOCC3)cc2)c(C)c1. The number of nitrogens with zero attached hydrogens (tertiary/aromatic N) is 1. The first-order valence-corrected chi connectivity index (χ1v) is 11.6. The number of morpholine rings is 1. The van der Waals surface area contributed by atoms with E-state index in [2.05, 4.69) is 39.2 Å². The zero-order valence-electron chi connectivity index (χ0n) is 17.5. The molecule has 0 unspecified atom stereocenters. The Hall–Kier alpha value is -2.42. The highest BCUT2D eigenvalue weighted by Gasteiger charge is 2.16. The summed E-state index contributed by atoms with van der Waals surface area (Å²) in [6.07, 6.45) is 1.51. The third kappa shape index (κ3) is 6.04. The summed E-state index contributed by atoms with van der Waals surface area (Å²) in [5, 5.41) is 2.66. The third-order valence-corrected chi connectivity index (χ3v) is 6.65. The predicted molar refractivity (Wildman–Crippen MR) is 118 cm³/mol. The van der Waals surface area contributed by atoms with E-state index in [4.69, 9.17) is 4.74 Å². The van der Waals surface area contributed by atoms with E-state index in [0.29, 0.717) is 24.2 Å². The van der Waals surface area contributed by atoms with Gasteiger partial charge in [-0.2, -0.15) is 0 Å². The average Bonchev–Trinajstić information content (AvgIpc) is 2.72. The number of hydrogen-bond acceptors (Lipinski definition) is 5. The Balaban J connectivity index is 1.50. The molecule has 0 aromatic heterocycles. The molecule has 30 heavy (non-hydrogen) atoms. The Morgan fingerprint density at radius 1 is 1.10 bits per heavy atom. The fourth-order valence-corrected chi connectivity index (χ4v) is 4.80. The molecule has 0 saturated carbocycles. The summed E-state index contributed by atoms with van der Waals surface area (Å²) in [4.78, 5) is 13.7. The van der Waals surface area contributed by atoms with Crippen molar-refractivity contribution in [2.75, 3.05) is 43.1 Å². The minimum atomic E-state index is -3.59. The standard InChI is InChI=1S/C22H29N3O4S/c1-17-16-20(24-18(2)26)7-10-22(17)30(27,28)23-11-3-4-19-5-8-21(9-6-19)25-12-14-29-15-13-25/h5-10,16,23H,3-4,11-15H2,1-2H3,(H,24,26). The zero-order valence-corrected chi connectivity index (χ0v) is 18.3. The van der Waals surface area contributed by atoms with Crippen molar-refractivity contribution in [3.05, 3.63) is 53.6 Å². The number of hydrogen-bond donors (Lipinski definition) is 2. The van der Waals surface area contributed by atoms with Gasteiger partial charge in [-0.05, 0) is 61.2 Å². The van der Waals surface area contributed by atoms with Crippen molar-refractivity contribution in [1.29, 1.82) is 0 Å². The second-order valence-corrected chi connectivity index (χ2v) is 9.16. The van der Waals surface area contributed by atoms with E-state index >= 15 is 0 Å². The molecule has 7 nitrogen and oxygen atoms in total. The lowest BCUT2D eigenvalue weighted by molar-refractivity contribution is -0.114. The molecular weight excluding hydrogens is 402 g/mol. The number of benzene rings is 2. The molecule has 1 saturated heterocycles. The Morgan fingerprint density at radius 3 is 2.43 bits per heavy atom. The maximum atomic E-state index is 12.6. The van der Waals surface area contributed by atoms with Gasteiger partial charge in [0.2, 0.25) is 15.9 Å². The van der Waals surface area contributed by atoms with E-state index in [1.54, 1.807) is 19.1 Å². The maximum absolute atomic E-state index is 12.6. The molecule has 8 heteroatoms. The molecule has 1 amide bonds. The molecular formula is C22H29N3O4S. The topological polar surface area (TPSA) is 87.7 Å². The molecule has 2 aromatic rings. The lowest BCUT2D eigenvalue weighted by atomic mass is 10.1. The van der Waals surface area contributed by atoms with Crippen LogP contribution in [0.15, 0.2) is 47.4 Å². The Kier molecular flexibility index (Phi) is 7.47. The highest BCUT2D eigenvalue weighted by molar-refractivity contribution is 7.89. The molecule has 162 valence electrons. The lowest BCUT2D eigenvalue weighted by Crippen LogP contribution is -2.36. The molecule has 0 aliphatic carbocycles. The van der Waals surface area contributed by atoms with Gasteiger partial charge in [0.25, 0.3) is 0 Å². The van der Waals surface area contributed by atoms with Crippen LogP contribution < -0.4 is 14.9 Å². The third-order valence-electron chi connectivity index (χ3n) is 5.03. The lowest BCUT2D eigenvalue weighted by Gasteiger charge is -2.28. The first-order chi connectivity index (χ1) is 14.3. The maximum Gasteiger partial charge on any atom is 0.240 e. The van der Waals surface area contributed by atoms with Gasteiger partial charge in [-0.1, -0.05) is 12.1 Å². The summed E-state index contributed by atoms with van der Waals surface area (Å²) >= 11 is 0. The number of carbonyl (C=O) groups is 1. The molecule has 1 aliphatic heterocycles. The number of ether oxygens (including phenoxy) is 1. The highest BCUT2D eigenvalue weighted by atomic mass is 32.2. The molecule has 0 radical (unpaired) electrons. The molecule has 1 fully saturated rings. The van der Waals surface area contributed by atoms with Crippen LogP contribution in [-0.2, 0) is 26.0 Å². The van der Waals surface area contributed by atoms with Crippen molar-refractivity contribution in [3.8, 4) is 0 Å². The van der Waals surface area contributed by atoms with Gasteiger partial charge in [-0.3, -0.25) is 4.79 Å². The number of sulfonamides is 1. The molecule has 2 N–H and O–H groups in total. The van der Waals surface area contributed by atoms with Crippen LogP contribution in [0, 0.1) is 6.92 Å². The smallest absolute Gasteiger partial charge is 0.240 e. The first-order valence-electron chi connectivity index (χ1n) is 10.1. The Bertz CT molecular complexity index is 968. The van der Waals surface area contributed by atoms with Crippen LogP contribution in [-0.4, -0.2) is 47.2 Å². The van der Waals surface area contributed by atoms with E-state index in [1.807, 2.05) is 0 Å². The minimum Gasteiger partial charge on any atom is -0.378 e. The van der Waals surface area contributed by atoms with Gasteiger partial charge in [-0.25, -0.2) is 13.1 Å². The van der Waals surface area contributed by atoms with Crippen molar-refractivity contribution >= 4 is 27.3 Å². The zero-order chi connectivity index (χ0) is 21.6. The van der Waals surface area contributed by atoms with Gasteiger partial charge >= 0.3 is 0 Å². The molecule has 0 atom stereocenters. The van der Waals surface area contributed by atoms with E-state index in [1.165, 1.54) is 24.2 Å². The predicted octanol–water partition coefficient (Wildman–Crippen LogP) is 2.70. The van der Waals surface area contributed by atoms with Crippen LogP contribution in [0.5, 0.6) is 0 Å². The number of aryl methyl sites for hydroxylation is 2. The molecule has 1 aliphatic rings. The van der Waals surface area contributed by atoms with Crippen LogP contribution in [0.1, 0.15) is 24.5 Å². The second-order valence-electron chi connectivity index (χ2n) is 7.43.